The molecule has 0 spiro atoms. The van der Waals surface area contributed by atoms with E-state index in [4.69, 9.17) is 28.1 Å². The molecule has 0 aliphatic carbocycles. The first-order chi connectivity index (χ1) is 25.6. The standard InChI is InChI=1S/C35H34O19/c36-15-9-20(41)25-22(10-15)51-31(14-3-5-17(38)19(40)8-14)32(28(25)46)54-34-30(48)29(47)27(45)23(52-34)12-50-35-33(26(44)21(42)11-49-35)53-24(43)6-2-13-1-4-16(37)18(39)7-13/h1-10,21,23,26-27,29-30,33-42,44-45,47-48H,11-12H2/b6-2+/t21?,23?,26-,27+,29-,30?,33?,34-,35-/m0/s1. The molecule has 11 N–H and O–H groups in total. The maximum Gasteiger partial charge on any atom is 0.331 e. The van der Waals surface area contributed by atoms with E-state index in [-0.39, 0.29) is 16.9 Å². The van der Waals surface area contributed by atoms with E-state index < -0.39 is 126 Å². The highest BCUT2D eigenvalue weighted by Gasteiger charge is 2.48. The molecular formula is C35H34O19. The van der Waals surface area contributed by atoms with Crippen LogP contribution in [0.2, 0.25) is 0 Å². The van der Waals surface area contributed by atoms with Gasteiger partial charge >= 0.3 is 5.97 Å². The van der Waals surface area contributed by atoms with Crippen LogP contribution in [0.4, 0.5) is 0 Å². The summed E-state index contributed by atoms with van der Waals surface area (Å²) in [7, 11) is 0. The molecule has 0 radical (unpaired) electrons. The zero-order valence-corrected chi connectivity index (χ0v) is 27.6. The quantitative estimate of drug-likeness (QED) is 0.0588. The van der Waals surface area contributed by atoms with Gasteiger partial charge in [0.05, 0.1) is 13.2 Å². The number of ether oxygens (including phenoxy) is 5. The van der Waals surface area contributed by atoms with Gasteiger partial charge in [0.15, 0.2) is 41.2 Å². The monoisotopic (exact) mass is 758 g/mol. The predicted octanol–water partition coefficient (Wildman–Crippen LogP) is -0.400. The third-order valence-corrected chi connectivity index (χ3v) is 8.58. The Hall–Kier alpha value is -5.64. The number of phenolic OH excluding ortho intramolecular Hbond substituents is 6. The normalized spacial score (nSPS) is 27.2. The molecule has 4 unspecified atom stereocenters. The van der Waals surface area contributed by atoms with Crippen LogP contribution >= 0.6 is 0 Å². The molecule has 19 heteroatoms. The second kappa shape index (κ2) is 15.4. The number of aliphatic hydroxyl groups is 5. The van der Waals surface area contributed by atoms with Gasteiger partial charge in [-0.1, -0.05) is 6.07 Å². The van der Waals surface area contributed by atoms with Crippen molar-refractivity contribution in [2.24, 2.45) is 0 Å². The number of esters is 1. The van der Waals surface area contributed by atoms with E-state index in [1.807, 2.05) is 0 Å². The molecule has 2 aliphatic rings. The third-order valence-electron chi connectivity index (χ3n) is 8.58. The van der Waals surface area contributed by atoms with E-state index in [0.29, 0.717) is 5.56 Å². The van der Waals surface area contributed by atoms with Gasteiger partial charge in [0.2, 0.25) is 17.5 Å². The Bertz CT molecular complexity index is 2110. The van der Waals surface area contributed by atoms with Gasteiger partial charge in [-0.15, -0.1) is 0 Å². The molecule has 2 aliphatic heterocycles. The number of phenols is 6. The molecule has 2 fully saturated rings. The molecule has 1 aromatic heterocycles. The van der Waals surface area contributed by atoms with E-state index >= 15 is 0 Å². The smallest absolute Gasteiger partial charge is 0.331 e. The maximum atomic E-state index is 13.7. The SMILES string of the molecule is O=C(/C=C/c1ccc(O)c(O)c1)OC1[C@H](OCC2O[C@@H](Oc3c(-c4ccc(O)c(O)c4)oc4cc(O)cc(O)c4c3=O)C(O)[C@@H](O)[C@@H]2O)OCC(O)[C@@H]1O. The molecule has 6 rings (SSSR count). The van der Waals surface area contributed by atoms with Crippen molar-refractivity contribution in [3.8, 4) is 51.6 Å². The fraction of sp³-hybridized carbons (Fsp3) is 0.314. The first-order valence-corrected chi connectivity index (χ1v) is 16.0. The first kappa shape index (κ1) is 38.1. The van der Waals surface area contributed by atoms with Crippen molar-refractivity contribution in [1.29, 1.82) is 0 Å². The number of fused-ring (bicyclic) bond motifs is 1. The number of hydrogen-bond donors (Lipinski definition) is 11. The number of aromatic hydroxyl groups is 6. The molecule has 0 amide bonds. The molecule has 9 atom stereocenters. The minimum absolute atomic E-state index is 0.0697. The summed E-state index contributed by atoms with van der Waals surface area (Å²) in [5.74, 6) is -5.43. The first-order valence-electron chi connectivity index (χ1n) is 16.0. The van der Waals surface area contributed by atoms with Gasteiger partial charge in [0.1, 0.15) is 59.1 Å². The van der Waals surface area contributed by atoms with Crippen LogP contribution in [0.5, 0.6) is 40.2 Å². The molecule has 3 heterocycles. The van der Waals surface area contributed by atoms with Crippen molar-refractivity contribution in [1.82, 2.24) is 0 Å². The van der Waals surface area contributed by atoms with E-state index in [1.165, 1.54) is 24.3 Å². The van der Waals surface area contributed by atoms with E-state index in [0.717, 1.165) is 36.4 Å². The number of hydrogen-bond acceptors (Lipinski definition) is 19. The van der Waals surface area contributed by atoms with Crippen molar-refractivity contribution in [3.63, 3.8) is 0 Å². The molecule has 54 heavy (non-hydrogen) atoms. The summed E-state index contributed by atoms with van der Waals surface area (Å²) in [4.78, 5) is 26.4. The van der Waals surface area contributed by atoms with Crippen LogP contribution in [0, 0.1) is 0 Å². The van der Waals surface area contributed by atoms with Crippen LogP contribution in [0.3, 0.4) is 0 Å². The summed E-state index contributed by atoms with van der Waals surface area (Å²) in [6.07, 6.45) is -13.9. The topological polar surface area (TPSA) is 316 Å². The predicted molar refractivity (Wildman–Crippen MR) is 178 cm³/mol. The van der Waals surface area contributed by atoms with Gasteiger partial charge in [-0.3, -0.25) is 4.79 Å². The number of rotatable bonds is 9. The van der Waals surface area contributed by atoms with Crippen LogP contribution in [0.15, 0.2) is 63.8 Å². The molecule has 0 saturated carbocycles. The zero-order valence-electron chi connectivity index (χ0n) is 27.6. The second-order valence-electron chi connectivity index (χ2n) is 12.3. The minimum atomic E-state index is -2.04. The van der Waals surface area contributed by atoms with Gasteiger partial charge in [-0.05, 0) is 42.0 Å². The van der Waals surface area contributed by atoms with E-state index in [1.54, 1.807) is 0 Å². The van der Waals surface area contributed by atoms with Crippen molar-refractivity contribution >= 4 is 23.0 Å². The molecular weight excluding hydrogens is 724 g/mol. The number of aliphatic hydroxyl groups excluding tert-OH is 5. The van der Waals surface area contributed by atoms with Crippen LogP contribution in [-0.4, -0.2) is 131 Å². The Balaban J connectivity index is 1.23. The lowest BCUT2D eigenvalue weighted by Gasteiger charge is -2.41. The zero-order chi connectivity index (χ0) is 39.0. The Morgan fingerprint density at radius 1 is 0.778 bits per heavy atom. The number of carbonyl (C=O) groups excluding carboxylic acids is 1. The third kappa shape index (κ3) is 7.69. The van der Waals surface area contributed by atoms with Crippen LogP contribution in [0.1, 0.15) is 5.56 Å². The molecule has 2 saturated heterocycles. The summed E-state index contributed by atoms with van der Waals surface area (Å²) in [6, 6.07) is 8.85. The lowest BCUT2D eigenvalue weighted by molar-refractivity contribution is -0.308. The van der Waals surface area contributed by atoms with Crippen molar-refractivity contribution in [2.45, 2.75) is 55.3 Å². The van der Waals surface area contributed by atoms with Crippen molar-refractivity contribution < 1.29 is 89.1 Å². The summed E-state index contributed by atoms with van der Waals surface area (Å²) >= 11 is 0. The summed E-state index contributed by atoms with van der Waals surface area (Å²) in [6.45, 7) is -1.19. The number of carbonyl (C=O) groups is 1. The minimum Gasteiger partial charge on any atom is -0.508 e. The summed E-state index contributed by atoms with van der Waals surface area (Å²) < 4.78 is 33.5. The van der Waals surface area contributed by atoms with Crippen LogP contribution < -0.4 is 10.2 Å². The average molecular weight is 759 g/mol. The van der Waals surface area contributed by atoms with Gasteiger partial charge < -0.3 is 84.3 Å². The largest absolute Gasteiger partial charge is 0.508 e. The molecule has 0 bridgehead atoms. The van der Waals surface area contributed by atoms with Crippen LogP contribution in [0.25, 0.3) is 28.4 Å². The highest BCUT2D eigenvalue weighted by molar-refractivity contribution is 5.89. The fourth-order valence-corrected chi connectivity index (χ4v) is 5.70. The highest BCUT2D eigenvalue weighted by Crippen LogP contribution is 2.39. The lowest BCUT2D eigenvalue weighted by Crippen LogP contribution is -2.61. The summed E-state index contributed by atoms with van der Waals surface area (Å²) in [5, 5.41) is 112. The maximum absolute atomic E-state index is 13.7. The average Bonchev–Trinajstić information content (AvgIpc) is 3.12. The van der Waals surface area contributed by atoms with Gasteiger partial charge in [0, 0.05) is 23.8 Å². The Morgan fingerprint density at radius 2 is 1.48 bits per heavy atom. The Morgan fingerprint density at radius 3 is 2.19 bits per heavy atom. The fourth-order valence-electron chi connectivity index (χ4n) is 5.70. The second-order valence-corrected chi connectivity index (χ2v) is 12.3. The molecule has 3 aromatic carbocycles. The van der Waals surface area contributed by atoms with Gasteiger partial charge in [0.25, 0.3) is 0 Å². The van der Waals surface area contributed by atoms with Crippen LogP contribution in [-0.2, 0) is 23.7 Å². The molecule has 4 aromatic rings. The highest BCUT2D eigenvalue weighted by atomic mass is 16.7. The van der Waals surface area contributed by atoms with Crippen molar-refractivity contribution in [3.05, 3.63) is 70.4 Å². The van der Waals surface area contributed by atoms with E-state index in [2.05, 4.69) is 0 Å². The molecule has 288 valence electrons. The molecule has 19 nitrogen and oxygen atoms in total. The van der Waals surface area contributed by atoms with Gasteiger partial charge in [-0.2, -0.15) is 0 Å². The van der Waals surface area contributed by atoms with Crippen molar-refractivity contribution in [2.75, 3.05) is 13.2 Å². The Kier molecular flexibility index (Phi) is 10.8. The number of benzene rings is 3. The van der Waals surface area contributed by atoms with E-state index in [9.17, 15) is 65.8 Å². The summed E-state index contributed by atoms with van der Waals surface area (Å²) in [5.41, 5.74) is -1.17. The lowest BCUT2D eigenvalue weighted by atomic mass is 9.99. The van der Waals surface area contributed by atoms with Gasteiger partial charge in [-0.25, -0.2) is 4.79 Å². The Labute approximate surface area is 302 Å².